The summed E-state index contributed by atoms with van der Waals surface area (Å²) in [5, 5.41) is 5.94. The lowest BCUT2D eigenvalue weighted by Gasteiger charge is -2.28. The van der Waals surface area contributed by atoms with Crippen LogP contribution in [-0.2, 0) is 9.59 Å². The summed E-state index contributed by atoms with van der Waals surface area (Å²) in [5.41, 5.74) is 1.76. The molecule has 0 bridgehead atoms. The zero-order valence-electron chi connectivity index (χ0n) is 10.9. The van der Waals surface area contributed by atoms with Crippen LogP contribution in [0.5, 0.6) is 0 Å². The van der Waals surface area contributed by atoms with Crippen molar-refractivity contribution in [1.29, 1.82) is 0 Å². The third-order valence-corrected chi connectivity index (χ3v) is 3.50. The second kappa shape index (κ2) is 5.59. The highest BCUT2D eigenvalue weighted by Gasteiger charge is 2.24. The lowest BCUT2D eigenvalue weighted by Crippen LogP contribution is -2.51. The van der Waals surface area contributed by atoms with Gasteiger partial charge in [-0.3, -0.25) is 14.9 Å². The first-order valence-electron chi connectivity index (χ1n) is 6.05. The summed E-state index contributed by atoms with van der Waals surface area (Å²) in [6.07, 6.45) is 0. The predicted molar refractivity (Wildman–Crippen MR) is 74.3 cm³/mol. The van der Waals surface area contributed by atoms with Gasteiger partial charge in [-0.2, -0.15) is 0 Å². The van der Waals surface area contributed by atoms with E-state index >= 15 is 0 Å². The number of nitrogens with zero attached hydrogens (tertiary/aromatic N) is 1. The van der Waals surface area contributed by atoms with E-state index < -0.39 is 0 Å². The topological polar surface area (TPSA) is 61.4 Å². The van der Waals surface area contributed by atoms with Crippen molar-refractivity contribution in [2.24, 2.45) is 0 Å². The molecule has 1 aromatic rings. The van der Waals surface area contributed by atoms with Gasteiger partial charge in [-0.15, -0.1) is 0 Å². The van der Waals surface area contributed by atoms with E-state index in [2.05, 4.69) is 10.6 Å². The average Bonchev–Trinajstić information content (AvgIpc) is 2.36. The highest BCUT2D eigenvalue weighted by atomic mass is 35.5. The Morgan fingerprint density at radius 2 is 1.95 bits per heavy atom. The number of imide groups is 1. The lowest BCUT2D eigenvalue weighted by atomic mass is 10.1. The Labute approximate surface area is 116 Å². The molecule has 0 radical (unpaired) electrons. The normalized spacial score (nSPS) is 17.3. The maximum atomic E-state index is 11.4. The van der Waals surface area contributed by atoms with Crippen LogP contribution in [-0.4, -0.2) is 32.0 Å². The standard InChI is InChI=1S/C13H16ClN3O2/c1-8(15-2)9-3-4-11(10(14)5-9)17-6-12(18)16-13(19)7-17/h3-5,8,15H,6-7H2,1-2H3,(H,16,18,19). The Hall–Kier alpha value is -1.59. The minimum absolute atomic E-state index is 0.145. The van der Waals surface area contributed by atoms with Gasteiger partial charge in [0.2, 0.25) is 11.8 Å². The summed E-state index contributed by atoms with van der Waals surface area (Å²) >= 11 is 6.25. The van der Waals surface area contributed by atoms with Crippen LogP contribution in [0.4, 0.5) is 5.69 Å². The molecule has 102 valence electrons. The van der Waals surface area contributed by atoms with Crippen LogP contribution in [0.1, 0.15) is 18.5 Å². The molecule has 1 atom stereocenters. The number of halogens is 1. The molecular formula is C13H16ClN3O2. The van der Waals surface area contributed by atoms with Crippen molar-refractivity contribution in [2.45, 2.75) is 13.0 Å². The Morgan fingerprint density at radius 3 is 2.47 bits per heavy atom. The molecule has 2 rings (SSSR count). The molecular weight excluding hydrogens is 266 g/mol. The van der Waals surface area contributed by atoms with Gasteiger partial charge in [-0.05, 0) is 31.7 Å². The lowest BCUT2D eigenvalue weighted by molar-refractivity contribution is -0.130. The molecule has 0 aliphatic carbocycles. The summed E-state index contributed by atoms with van der Waals surface area (Å²) in [6, 6.07) is 5.84. The van der Waals surface area contributed by atoms with Gasteiger partial charge in [0.15, 0.2) is 0 Å². The maximum absolute atomic E-state index is 11.4. The number of nitrogens with one attached hydrogen (secondary N) is 2. The van der Waals surface area contributed by atoms with Crippen molar-refractivity contribution in [2.75, 3.05) is 25.0 Å². The van der Waals surface area contributed by atoms with Gasteiger partial charge in [0.25, 0.3) is 0 Å². The fourth-order valence-corrected chi connectivity index (χ4v) is 2.33. The van der Waals surface area contributed by atoms with Gasteiger partial charge in [-0.1, -0.05) is 17.7 Å². The highest BCUT2D eigenvalue weighted by molar-refractivity contribution is 6.33. The Kier molecular flexibility index (Phi) is 4.07. The van der Waals surface area contributed by atoms with Crippen molar-refractivity contribution >= 4 is 29.1 Å². The molecule has 1 unspecified atom stereocenters. The molecule has 2 amide bonds. The third-order valence-electron chi connectivity index (χ3n) is 3.19. The second-order valence-electron chi connectivity index (χ2n) is 4.55. The van der Waals surface area contributed by atoms with Crippen LogP contribution in [0.25, 0.3) is 0 Å². The number of amides is 2. The number of carbonyl (C=O) groups excluding carboxylic acids is 2. The largest absolute Gasteiger partial charge is 0.352 e. The molecule has 19 heavy (non-hydrogen) atoms. The van der Waals surface area contributed by atoms with Crippen LogP contribution in [0.15, 0.2) is 18.2 Å². The summed E-state index contributed by atoms with van der Waals surface area (Å²) in [4.78, 5) is 24.4. The van der Waals surface area contributed by atoms with Crippen LogP contribution in [0.2, 0.25) is 5.02 Å². The highest BCUT2D eigenvalue weighted by Crippen LogP contribution is 2.29. The fourth-order valence-electron chi connectivity index (χ4n) is 2.02. The Balaban J connectivity index is 2.25. The minimum Gasteiger partial charge on any atom is -0.352 e. The van der Waals surface area contributed by atoms with Crippen LogP contribution in [0.3, 0.4) is 0 Å². The maximum Gasteiger partial charge on any atom is 0.246 e. The number of carbonyl (C=O) groups is 2. The monoisotopic (exact) mass is 281 g/mol. The summed E-state index contributed by atoms with van der Waals surface area (Å²) in [7, 11) is 1.88. The van der Waals surface area contributed by atoms with Gasteiger partial charge in [-0.25, -0.2) is 0 Å². The molecule has 2 N–H and O–H groups in total. The van der Waals surface area contributed by atoms with Gasteiger partial charge in [0.1, 0.15) is 0 Å². The number of hydrogen-bond donors (Lipinski definition) is 2. The summed E-state index contributed by atoms with van der Waals surface area (Å²) in [6.45, 7) is 2.32. The molecule has 1 aliphatic rings. The number of hydrogen-bond acceptors (Lipinski definition) is 4. The van der Waals surface area contributed by atoms with Gasteiger partial charge < -0.3 is 10.2 Å². The fraction of sp³-hybridized carbons (Fsp3) is 0.385. The van der Waals surface area contributed by atoms with Crippen molar-refractivity contribution in [3.05, 3.63) is 28.8 Å². The van der Waals surface area contributed by atoms with Crippen molar-refractivity contribution in [3.8, 4) is 0 Å². The number of benzene rings is 1. The van der Waals surface area contributed by atoms with E-state index in [1.165, 1.54) is 0 Å². The quantitative estimate of drug-likeness (QED) is 0.814. The third kappa shape index (κ3) is 3.05. The van der Waals surface area contributed by atoms with Crippen molar-refractivity contribution < 1.29 is 9.59 Å². The molecule has 1 saturated heterocycles. The smallest absolute Gasteiger partial charge is 0.246 e. The molecule has 1 heterocycles. The molecule has 1 aromatic carbocycles. The predicted octanol–water partition coefficient (Wildman–Crippen LogP) is 1.08. The SMILES string of the molecule is CNC(C)c1ccc(N2CC(=O)NC(=O)C2)c(Cl)c1. The zero-order chi connectivity index (χ0) is 14.0. The first-order chi connectivity index (χ1) is 9.01. The molecule has 5 nitrogen and oxygen atoms in total. The van der Waals surface area contributed by atoms with Gasteiger partial charge in [0.05, 0.1) is 23.8 Å². The van der Waals surface area contributed by atoms with E-state index in [4.69, 9.17) is 11.6 Å². The molecule has 0 spiro atoms. The minimum atomic E-state index is -0.306. The van der Waals surface area contributed by atoms with E-state index in [9.17, 15) is 9.59 Å². The van der Waals surface area contributed by atoms with Gasteiger partial charge in [0, 0.05) is 6.04 Å². The second-order valence-corrected chi connectivity index (χ2v) is 4.96. The van der Waals surface area contributed by atoms with E-state index in [0.29, 0.717) is 10.7 Å². The number of rotatable bonds is 3. The summed E-state index contributed by atoms with van der Waals surface area (Å²) in [5.74, 6) is -0.611. The average molecular weight is 282 g/mol. The van der Waals surface area contributed by atoms with Gasteiger partial charge >= 0.3 is 0 Å². The molecule has 6 heteroatoms. The molecule has 1 aliphatic heterocycles. The van der Waals surface area contributed by atoms with Crippen LogP contribution < -0.4 is 15.5 Å². The van der Waals surface area contributed by atoms with Crippen LogP contribution >= 0.6 is 11.6 Å². The Morgan fingerprint density at radius 1 is 1.32 bits per heavy atom. The van der Waals surface area contributed by atoms with Crippen molar-refractivity contribution in [3.63, 3.8) is 0 Å². The Bertz CT molecular complexity index is 503. The molecule has 0 aromatic heterocycles. The number of piperazine rings is 1. The van der Waals surface area contributed by atoms with E-state index in [1.54, 1.807) is 4.90 Å². The van der Waals surface area contributed by atoms with E-state index in [1.807, 2.05) is 32.2 Å². The van der Waals surface area contributed by atoms with Crippen LogP contribution in [0, 0.1) is 0 Å². The zero-order valence-corrected chi connectivity index (χ0v) is 11.6. The van der Waals surface area contributed by atoms with Crippen molar-refractivity contribution in [1.82, 2.24) is 10.6 Å². The molecule has 1 fully saturated rings. The first kappa shape index (κ1) is 13.8. The first-order valence-corrected chi connectivity index (χ1v) is 6.43. The summed E-state index contributed by atoms with van der Waals surface area (Å²) < 4.78 is 0. The van der Waals surface area contributed by atoms with E-state index in [0.717, 1.165) is 5.56 Å². The van der Waals surface area contributed by atoms with E-state index in [-0.39, 0.29) is 30.9 Å². The number of anilines is 1. The molecule has 0 saturated carbocycles.